The molecule has 1 heterocycles. The van der Waals surface area contributed by atoms with Crippen molar-refractivity contribution in [3.63, 3.8) is 0 Å². The van der Waals surface area contributed by atoms with Crippen LogP contribution in [0.1, 0.15) is 23.1 Å². The van der Waals surface area contributed by atoms with E-state index in [2.05, 4.69) is 11.1 Å². The van der Waals surface area contributed by atoms with Crippen LogP contribution in [0.4, 0.5) is 0 Å². The number of Topliss-reactive ketones (excluding diaryl/α,β-unsaturated/α-hetero) is 1. The summed E-state index contributed by atoms with van der Waals surface area (Å²) in [5, 5.41) is 0. The number of carbonyl (C=O) groups is 1. The van der Waals surface area contributed by atoms with E-state index in [0.717, 1.165) is 23.1 Å². The molecule has 0 saturated carbocycles. The Morgan fingerprint density at radius 2 is 1.94 bits per heavy atom. The number of ketones is 1. The summed E-state index contributed by atoms with van der Waals surface area (Å²) in [4.78, 5) is 16.1. The van der Waals surface area contributed by atoms with Gasteiger partial charge in [0.05, 0.1) is 0 Å². The second-order valence-corrected chi connectivity index (χ2v) is 4.42. The van der Waals surface area contributed by atoms with Gasteiger partial charge in [0.15, 0.2) is 5.78 Å². The zero-order valence-electron chi connectivity index (χ0n) is 9.97. The molecular weight excluding hydrogens is 222 g/mol. The number of hydrogen-bond donors (Lipinski definition) is 0. The lowest BCUT2D eigenvalue weighted by molar-refractivity contribution is -0.113. The fraction of sp³-hybridized carbons (Fsp3) is 0.125. The van der Waals surface area contributed by atoms with Gasteiger partial charge < -0.3 is 0 Å². The summed E-state index contributed by atoms with van der Waals surface area (Å²) in [6, 6.07) is 12.0. The maximum Gasteiger partial charge on any atom is 0.163 e. The zero-order valence-corrected chi connectivity index (χ0v) is 9.97. The molecule has 2 aromatic rings. The highest BCUT2D eigenvalue weighted by atomic mass is 16.1. The van der Waals surface area contributed by atoms with Crippen LogP contribution in [0.5, 0.6) is 0 Å². The molecule has 2 nitrogen and oxygen atoms in total. The maximum atomic E-state index is 12.1. The van der Waals surface area contributed by atoms with E-state index in [9.17, 15) is 4.79 Å². The van der Waals surface area contributed by atoms with Gasteiger partial charge in [0, 0.05) is 24.4 Å². The molecule has 0 saturated heterocycles. The van der Waals surface area contributed by atoms with Gasteiger partial charge in [-0.05, 0) is 35.3 Å². The minimum absolute atomic E-state index is 0.220. The van der Waals surface area contributed by atoms with Gasteiger partial charge in [-0.1, -0.05) is 30.3 Å². The van der Waals surface area contributed by atoms with Crippen LogP contribution in [0.2, 0.25) is 0 Å². The van der Waals surface area contributed by atoms with Crippen LogP contribution in [0.3, 0.4) is 0 Å². The number of carbonyl (C=O) groups excluding carboxylic acids is 1. The van der Waals surface area contributed by atoms with Crippen LogP contribution in [0, 0.1) is 0 Å². The van der Waals surface area contributed by atoms with Crippen molar-refractivity contribution >= 4 is 17.4 Å². The van der Waals surface area contributed by atoms with Crippen molar-refractivity contribution in [1.29, 1.82) is 0 Å². The summed E-state index contributed by atoms with van der Waals surface area (Å²) in [7, 11) is 0. The molecular formula is C16H13NO. The minimum atomic E-state index is 0.220. The van der Waals surface area contributed by atoms with Gasteiger partial charge in [0.1, 0.15) is 0 Å². The number of aromatic nitrogens is 1. The van der Waals surface area contributed by atoms with Crippen LogP contribution < -0.4 is 0 Å². The third-order valence-corrected chi connectivity index (χ3v) is 3.22. The highest BCUT2D eigenvalue weighted by Gasteiger charge is 2.20. The molecule has 88 valence electrons. The van der Waals surface area contributed by atoms with Crippen molar-refractivity contribution in [3.8, 4) is 0 Å². The Balaban J connectivity index is 2.11. The van der Waals surface area contributed by atoms with Crippen LogP contribution >= 0.6 is 0 Å². The first-order valence-electron chi connectivity index (χ1n) is 6.08. The third kappa shape index (κ3) is 1.97. The van der Waals surface area contributed by atoms with E-state index in [0.29, 0.717) is 6.42 Å². The fourth-order valence-electron chi connectivity index (χ4n) is 2.32. The maximum absolute atomic E-state index is 12.1. The average Bonchev–Trinajstić information content (AvgIpc) is 2.43. The Morgan fingerprint density at radius 3 is 2.78 bits per heavy atom. The van der Waals surface area contributed by atoms with Gasteiger partial charge >= 0.3 is 0 Å². The molecule has 0 aliphatic heterocycles. The van der Waals surface area contributed by atoms with Crippen molar-refractivity contribution in [2.24, 2.45) is 0 Å². The van der Waals surface area contributed by atoms with Crippen LogP contribution in [-0.2, 0) is 11.2 Å². The molecule has 0 unspecified atom stereocenters. The van der Waals surface area contributed by atoms with Crippen molar-refractivity contribution in [3.05, 3.63) is 65.5 Å². The van der Waals surface area contributed by atoms with E-state index in [1.165, 1.54) is 5.56 Å². The molecule has 0 spiro atoms. The topological polar surface area (TPSA) is 30.0 Å². The zero-order chi connectivity index (χ0) is 12.4. The van der Waals surface area contributed by atoms with Gasteiger partial charge in [0.2, 0.25) is 0 Å². The van der Waals surface area contributed by atoms with Crippen molar-refractivity contribution in [2.75, 3.05) is 0 Å². The molecule has 1 aromatic carbocycles. The number of hydrogen-bond acceptors (Lipinski definition) is 2. The molecule has 0 radical (unpaired) electrons. The molecule has 0 atom stereocenters. The second kappa shape index (κ2) is 4.57. The summed E-state index contributed by atoms with van der Waals surface area (Å²) in [6.07, 6.45) is 6.89. The Kier molecular flexibility index (Phi) is 2.77. The number of allylic oxidation sites excluding steroid dienone is 1. The van der Waals surface area contributed by atoms with Crippen LogP contribution in [-0.4, -0.2) is 10.8 Å². The van der Waals surface area contributed by atoms with Crippen molar-refractivity contribution < 1.29 is 4.79 Å². The lowest BCUT2D eigenvalue weighted by Gasteiger charge is -2.17. The van der Waals surface area contributed by atoms with Crippen LogP contribution in [0.15, 0.2) is 48.8 Å². The summed E-state index contributed by atoms with van der Waals surface area (Å²) >= 11 is 0. The van der Waals surface area contributed by atoms with Gasteiger partial charge in [-0.2, -0.15) is 0 Å². The van der Waals surface area contributed by atoms with Gasteiger partial charge in [-0.25, -0.2) is 0 Å². The first-order chi connectivity index (χ1) is 8.84. The summed E-state index contributed by atoms with van der Waals surface area (Å²) in [5.41, 5.74) is 4.10. The van der Waals surface area contributed by atoms with Crippen molar-refractivity contribution in [1.82, 2.24) is 4.98 Å². The Hall–Kier alpha value is -2.22. The summed E-state index contributed by atoms with van der Waals surface area (Å²) in [5.74, 6) is 0.220. The quantitative estimate of drug-likeness (QED) is 0.711. The predicted molar refractivity (Wildman–Crippen MR) is 71.9 cm³/mol. The Morgan fingerprint density at radius 1 is 1.06 bits per heavy atom. The molecule has 0 fully saturated rings. The van der Waals surface area contributed by atoms with Gasteiger partial charge in [-0.15, -0.1) is 0 Å². The van der Waals surface area contributed by atoms with E-state index in [4.69, 9.17) is 0 Å². The number of nitrogens with zero attached hydrogens (tertiary/aromatic N) is 1. The van der Waals surface area contributed by atoms with E-state index < -0.39 is 0 Å². The van der Waals surface area contributed by atoms with Crippen LogP contribution in [0.25, 0.3) is 11.6 Å². The normalized spacial score (nSPS) is 16.7. The highest BCUT2D eigenvalue weighted by Crippen LogP contribution is 2.29. The molecule has 1 aromatic heterocycles. The number of pyridine rings is 1. The standard InChI is InChI=1S/C16H13NO/c18-16-8-7-13-5-1-2-6-14(13)15(16)10-12-4-3-9-17-11-12/h1-6,9-11H,7-8H2. The first-order valence-corrected chi connectivity index (χ1v) is 6.08. The predicted octanol–water partition coefficient (Wildman–Crippen LogP) is 3.14. The van der Waals surface area contributed by atoms with Crippen molar-refractivity contribution in [2.45, 2.75) is 12.8 Å². The molecule has 18 heavy (non-hydrogen) atoms. The lowest BCUT2D eigenvalue weighted by atomic mass is 9.85. The minimum Gasteiger partial charge on any atom is -0.294 e. The van der Waals surface area contributed by atoms with E-state index in [1.54, 1.807) is 12.4 Å². The number of benzene rings is 1. The monoisotopic (exact) mass is 235 g/mol. The van der Waals surface area contributed by atoms with E-state index in [1.807, 2.05) is 36.4 Å². The molecule has 1 aliphatic carbocycles. The SMILES string of the molecule is O=C1CCc2ccccc2C1=Cc1cccnc1. The highest BCUT2D eigenvalue weighted by molar-refractivity contribution is 6.26. The van der Waals surface area contributed by atoms with Gasteiger partial charge in [-0.3, -0.25) is 9.78 Å². The summed E-state index contributed by atoms with van der Waals surface area (Å²) < 4.78 is 0. The van der Waals surface area contributed by atoms with Gasteiger partial charge in [0.25, 0.3) is 0 Å². The lowest BCUT2D eigenvalue weighted by Crippen LogP contribution is -2.12. The molecule has 1 aliphatic rings. The molecule has 0 N–H and O–H groups in total. The van der Waals surface area contributed by atoms with E-state index >= 15 is 0 Å². The molecule has 0 amide bonds. The van der Waals surface area contributed by atoms with E-state index in [-0.39, 0.29) is 5.78 Å². The number of aryl methyl sites for hydroxylation is 1. The summed E-state index contributed by atoms with van der Waals surface area (Å²) in [6.45, 7) is 0. The number of rotatable bonds is 1. The Bertz CT molecular complexity index is 614. The smallest absolute Gasteiger partial charge is 0.163 e. The Labute approximate surface area is 106 Å². The third-order valence-electron chi connectivity index (χ3n) is 3.22. The average molecular weight is 235 g/mol. The molecule has 3 rings (SSSR count). The fourth-order valence-corrected chi connectivity index (χ4v) is 2.32. The molecule has 0 bridgehead atoms. The molecule has 2 heteroatoms. The number of fused-ring (bicyclic) bond motifs is 1. The largest absolute Gasteiger partial charge is 0.294 e. The first kappa shape index (κ1) is 10.9. The second-order valence-electron chi connectivity index (χ2n) is 4.42.